The van der Waals surface area contributed by atoms with Crippen molar-refractivity contribution >= 4 is 23.4 Å². The monoisotopic (exact) mass is 353 g/mol. The van der Waals surface area contributed by atoms with Crippen molar-refractivity contribution in [2.75, 3.05) is 5.32 Å². The molecular weight excluding hydrogens is 337 g/mol. The summed E-state index contributed by atoms with van der Waals surface area (Å²) < 4.78 is 12.9. The third-order valence-corrected chi connectivity index (χ3v) is 3.65. The van der Waals surface area contributed by atoms with E-state index < -0.39 is 16.6 Å². The van der Waals surface area contributed by atoms with Crippen molar-refractivity contribution in [1.29, 1.82) is 5.26 Å². The molecule has 0 atom stereocenters. The molecule has 0 heterocycles. The molecule has 0 aromatic heterocycles. The van der Waals surface area contributed by atoms with E-state index >= 15 is 0 Å². The summed E-state index contributed by atoms with van der Waals surface area (Å²) in [5.41, 5.74) is 0.984. The van der Waals surface area contributed by atoms with Crippen molar-refractivity contribution in [2.45, 2.75) is 19.8 Å². The summed E-state index contributed by atoms with van der Waals surface area (Å²) in [5, 5.41) is 23.0. The second-order valence-electron chi connectivity index (χ2n) is 5.86. The van der Waals surface area contributed by atoms with Gasteiger partial charge in [0, 0.05) is 17.3 Å². The standard InChI is InChI=1S/C19H16FN3O3/c1-12(2)17-8-3-13(10-18(17)23(25)26)9-14(11-21)19(24)22-16-6-4-15(20)5-7-16/h3-10,12H,1-2H3,(H,22,24)/b14-9+. The summed E-state index contributed by atoms with van der Waals surface area (Å²) in [6.45, 7) is 3.68. The van der Waals surface area contributed by atoms with Crippen LogP contribution in [-0.2, 0) is 4.79 Å². The van der Waals surface area contributed by atoms with Gasteiger partial charge in [0.1, 0.15) is 17.5 Å². The zero-order valence-corrected chi connectivity index (χ0v) is 14.2. The largest absolute Gasteiger partial charge is 0.321 e. The van der Waals surface area contributed by atoms with E-state index in [4.69, 9.17) is 0 Å². The van der Waals surface area contributed by atoms with Crippen LogP contribution in [0.25, 0.3) is 6.08 Å². The predicted octanol–water partition coefficient (Wildman–Crippen LogP) is 4.40. The quantitative estimate of drug-likeness (QED) is 0.373. The van der Waals surface area contributed by atoms with E-state index in [1.54, 1.807) is 18.2 Å². The van der Waals surface area contributed by atoms with E-state index in [1.165, 1.54) is 36.4 Å². The first kappa shape index (κ1) is 18.8. The van der Waals surface area contributed by atoms with Gasteiger partial charge in [-0.2, -0.15) is 5.26 Å². The van der Waals surface area contributed by atoms with Crippen LogP contribution >= 0.6 is 0 Å². The van der Waals surface area contributed by atoms with Crippen LogP contribution in [0.1, 0.15) is 30.9 Å². The number of nitriles is 1. The molecule has 6 nitrogen and oxygen atoms in total. The Morgan fingerprint density at radius 3 is 2.46 bits per heavy atom. The number of nitrogens with one attached hydrogen (secondary N) is 1. The highest BCUT2D eigenvalue weighted by Crippen LogP contribution is 2.28. The van der Waals surface area contributed by atoms with Gasteiger partial charge in [-0.05, 0) is 41.8 Å². The second kappa shape index (κ2) is 8.03. The molecule has 2 aromatic carbocycles. The lowest BCUT2D eigenvalue weighted by molar-refractivity contribution is -0.385. The molecule has 1 N–H and O–H groups in total. The molecule has 0 aliphatic heterocycles. The summed E-state index contributed by atoms with van der Waals surface area (Å²) in [6.07, 6.45) is 1.27. The van der Waals surface area contributed by atoms with Crippen LogP contribution in [0.5, 0.6) is 0 Å². The van der Waals surface area contributed by atoms with Crippen LogP contribution in [0.15, 0.2) is 48.0 Å². The molecule has 132 valence electrons. The van der Waals surface area contributed by atoms with Gasteiger partial charge in [-0.15, -0.1) is 0 Å². The predicted molar refractivity (Wildman–Crippen MR) is 95.8 cm³/mol. The Kier molecular flexibility index (Phi) is 5.81. The Bertz CT molecular complexity index is 913. The van der Waals surface area contributed by atoms with Gasteiger partial charge >= 0.3 is 0 Å². The van der Waals surface area contributed by atoms with Crippen molar-refractivity contribution in [2.24, 2.45) is 0 Å². The zero-order chi connectivity index (χ0) is 19.3. The van der Waals surface area contributed by atoms with Crippen molar-refractivity contribution in [3.8, 4) is 6.07 Å². The fourth-order valence-corrected chi connectivity index (χ4v) is 2.34. The van der Waals surface area contributed by atoms with Crippen LogP contribution in [0, 0.1) is 27.3 Å². The number of carbonyl (C=O) groups excluding carboxylic acids is 1. The molecule has 2 aromatic rings. The summed E-state index contributed by atoms with van der Waals surface area (Å²) >= 11 is 0. The first-order valence-corrected chi connectivity index (χ1v) is 7.79. The maximum absolute atomic E-state index is 12.9. The van der Waals surface area contributed by atoms with Crippen molar-refractivity contribution in [3.63, 3.8) is 0 Å². The van der Waals surface area contributed by atoms with Crippen molar-refractivity contribution in [1.82, 2.24) is 0 Å². The molecule has 0 unspecified atom stereocenters. The van der Waals surface area contributed by atoms with E-state index in [1.807, 2.05) is 13.8 Å². The van der Waals surface area contributed by atoms with Crippen LogP contribution in [0.4, 0.5) is 15.8 Å². The minimum atomic E-state index is -0.685. The molecule has 0 bridgehead atoms. The number of amides is 1. The lowest BCUT2D eigenvalue weighted by atomic mass is 9.98. The molecule has 0 aliphatic carbocycles. The fourth-order valence-electron chi connectivity index (χ4n) is 2.34. The Hall–Kier alpha value is -3.53. The van der Waals surface area contributed by atoms with Crippen LogP contribution < -0.4 is 5.32 Å². The van der Waals surface area contributed by atoms with E-state index in [0.29, 0.717) is 16.8 Å². The number of hydrogen-bond acceptors (Lipinski definition) is 4. The summed E-state index contributed by atoms with van der Waals surface area (Å²) in [4.78, 5) is 23.0. The third-order valence-electron chi connectivity index (χ3n) is 3.65. The number of carbonyl (C=O) groups is 1. The van der Waals surface area contributed by atoms with E-state index in [0.717, 1.165) is 0 Å². The normalized spacial score (nSPS) is 11.1. The van der Waals surface area contributed by atoms with Gasteiger partial charge in [0.15, 0.2) is 0 Å². The zero-order valence-electron chi connectivity index (χ0n) is 14.2. The number of benzene rings is 2. The first-order chi connectivity index (χ1) is 12.3. The second-order valence-corrected chi connectivity index (χ2v) is 5.86. The average Bonchev–Trinajstić information content (AvgIpc) is 2.61. The third kappa shape index (κ3) is 4.51. The number of nitrogens with zero attached hydrogens (tertiary/aromatic N) is 2. The molecule has 7 heteroatoms. The highest BCUT2D eigenvalue weighted by molar-refractivity contribution is 6.09. The average molecular weight is 353 g/mol. The Balaban J connectivity index is 2.31. The lowest BCUT2D eigenvalue weighted by Gasteiger charge is -2.07. The molecule has 2 rings (SSSR count). The molecular formula is C19H16FN3O3. The summed E-state index contributed by atoms with van der Waals surface area (Å²) in [6, 6.07) is 11.4. The van der Waals surface area contributed by atoms with E-state index in [9.17, 15) is 24.6 Å². The topological polar surface area (TPSA) is 96.0 Å². The van der Waals surface area contributed by atoms with Crippen LogP contribution in [-0.4, -0.2) is 10.8 Å². The number of nitro groups is 1. The number of rotatable bonds is 5. The fraction of sp³-hybridized carbons (Fsp3) is 0.158. The molecule has 0 fully saturated rings. The maximum Gasteiger partial charge on any atom is 0.273 e. The number of halogens is 1. The van der Waals surface area contributed by atoms with Gasteiger partial charge in [0.05, 0.1) is 4.92 Å². The molecule has 0 saturated carbocycles. The number of nitro benzene ring substituents is 1. The van der Waals surface area contributed by atoms with E-state index in [-0.39, 0.29) is 17.2 Å². The molecule has 0 spiro atoms. The van der Waals surface area contributed by atoms with Gasteiger partial charge in [-0.25, -0.2) is 4.39 Å². The minimum Gasteiger partial charge on any atom is -0.321 e. The van der Waals surface area contributed by atoms with Crippen molar-refractivity contribution in [3.05, 3.63) is 75.1 Å². The number of hydrogen-bond donors (Lipinski definition) is 1. The lowest BCUT2D eigenvalue weighted by Crippen LogP contribution is -2.13. The van der Waals surface area contributed by atoms with Gasteiger partial charge in [0.25, 0.3) is 11.6 Å². The van der Waals surface area contributed by atoms with Gasteiger partial charge < -0.3 is 5.32 Å². The smallest absolute Gasteiger partial charge is 0.273 e. The van der Waals surface area contributed by atoms with Crippen LogP contribution in [0.3, 0.4) is 0 Å². The van der Waals surface area contributed by atoms with Crippen molar-refractivity contribution < 1.29 is 14.1 Å². The minimum absolute atomic E-state index is 0.0364. The first-order valence-electron chi connectivity index (χ1n) is 7.79. The van der Waals surface area contributed by atoms with Gasteiger partial charge in [-0.3, -0.25) is 14.9 Å². The Labute approximate surface area is 149 Å². The molecule has 1 amide bonds. The summed E-state index contributed by atoms with van der Waals surface area (Å²) in [5.74, 6) is -1.17. The number of anilines is 1. The molecule has 0 aliphatic rings. The van der Waals surface area contributed by atoms with Crippen LogP contribution in [0.2, 0.25) is 0 Å². The molecule has 0 saturated heterocycles. The molecule has 0 radical (unpaired) electrons. The van der Waals surface area contributed by atoms with Gasteiger partial charge in [0.2, 0.25) is 0 Å². The van der Waals surface area contributed by atoms with E-state index in [2.05, 4.69) is 5.32 Å². The molecule has 26 heavy (non-hydrogen) atoms. The highest BCUT2D eigenvalue weighted by atomic mass is 19.1. The highest BCUT2D eigenvalue weighted by Gasteiger charge is 2.17. The SMILES string of the molecule is CC(C)c1ccc(/C=C(\C#N)C(=O)Nc2ccc(F)cc2)cc1[N+](=O)[O-]. The summed E-state index contributed by atoms with van der Waals surface area (Å²) in [7, 11) is 0. The Morgan fingerprint density at radius 1 is 1.27 bits per heavy atom. The van der Waals surface area contributed by atoms with Gasteiger partial charge in [-0.1, -0.05) is 26.0 Å². The maximum atomic E-state index is 12.9. The Morgan fingerprint density at radius 2 is 1.92 bits per heavy atom.